The molecule has 0 radical (unpaired) electrons. The number of sulfonamides is 1. The van der Waals surface area contributed by atoms with E-state index in [1.54, 1.807) is 12.1 Å². The standard InChI is InChI=1S/C13H15N3O2S/c14-13(9-5-6-9)7-16(8-13)12-10-3-1-2-4-11(10)19(17,18)15-12/h1-4,9H,5-8,14H2. The summed E-state index contributed by atoms with van der Waals surface area (Å²) in [6.45, 7) is 1.42. The first kappa shape index (κ1) is 11.4. The predicted molar refractivity (Wildman–Crippen MR) is 71.4 cm³/mol. The molecule has 3 aliphatic rings. The number of likely N-dealkylation sites (tertiary alicyclic amines) is 1. The number of amidine groups is 1. The van der Waals surface area contributed by atoms with Crippen molar-refractivity contribution in [1.29, 1.82) is 0 Å². The van der Waals surface area contributed by atoms with Gasteiger partial charge in [0.05, 0.1) is 5.54 Å². The van der Waals surface area contributed by atoms with Gasteiger partial charge >= 0.3 is 0 Å². The molecule has 5 nitrogen and oxygen atoms in total. The van der Waals surface area contributed by atoms with Gasteiger partial charge in [0, 0.05) is 18.7 Å². The van der Waals surface area contributed by atoms with Crippen molar-refractivity contribution in [3.05, 3.63) is 29.8 Å². The molecule has 1 saturated heterocycles. The smallest absolute Gasteiger partial charge is 0.285 e. The number of rotatable bonds is 1. The van der Waals surface area contributed by atoms with Crippen LogP contribution in [0.25, 0.3) is 0 Å². The third kappa shape index (κ3) is 1.56. The molecular formula is C13H15N3O2S. The van der Waals surface area contributed by atoms with Crippen molar-refractivity contribution in [2.75, 3.05) is 13.1 Å². The average molecular weight is 277 g/mol. The summed E-state index contributed by atoms with van der Waals surface area (Å²) in [6.07, 6.45) is 2.40. The molecule has 1 saturated carbocycles. The molecule has 2 fully saturated rings. The lowest BCUT2D eigenvalue weighted by Gasteiger charge is -2.49. The molecule has 0 amide bonds. The molecule has 1 aromatic carbocycles. The molecule has 0 spiro atoms. The van der Waals surface area contributed by atoms with E-state index < -0.39 is 10.0 Å². The maximum Gasteiger partial charge on any atom is 0.285 e. The van der Waals surface area contributed by atoms with Gasteiger partial charge in [0.2, 0.25) is 0 Å². The molecule has 2 N–H and O–H groups in total. The van der Waals surface area contributed by atoms with Crippen molar-refractivity contribution in [3.8, 4) is 0 Å². The molecule has 4 rings (SSSR count). The highest BCUT2D eigenvalue weighted by Gasteiger charge is 2.52. The Bertz CT molecular complexity index is 686. The normalized spacial score (nSPS) is 26.6. The molecular weight excluding hydrogens is 262 g/mol. The molecule has 6 heteroatoms. The molecule has 2 aliphatic heterocycles. The molecule has 1 aromatic rings. The first-order valence-corrected chi connectivity index (χ1v) is 7.92. The van der Waals surface area contributed by atoms with E-state index in [9.17, 15) is 8.42 Å². The van der Waals surface area contributed by atoms with Crippen LogP contribution in [-0.2, 0) is 10.0 Å². The lowest BCUT2D eigenvalue weighted by atomic mass is 9.85. The van der Waals surface area contributed by atoms with E-state index in [1.807, 2.05) is 17.0 Å². The Kier molecular flexibility index (Phi) is 2.03. The van der Waals surface area contributed by atoms with Gasteiger partial charge in [-0.25, -0.2) is 0 Å². The predicted octanol–water partition coefficient (Wildman–Crippen LogP) is 0.559. The summed E-state index contributed by atoms with van der Waals surface area (Å²) in [7, 11) is -3.51. The molecule has 19 heavy (non-hydrogen) atoms. The second-order valence-electron chi connectivity index (χ2n) is 5.75. The van der Waals surface area contributed by atoms with Crippen LogP contribution < -0.4 is 5.73 Å². The van der Waals surface area contributed by atoms with Gasteiger partial charge in [-0.3, -0.25) is 0 Å². The second kappa shape index (κ2) is 3.37. The summed E-state index contributed by atoms with van der Waals surface area (Å²) in [5, 5.41) is 0. The quantitative estimate of drug-likeness (QED) is 0.813. The van der Waals surface area contributed by atoms with Crippen LogP contribution in [0.1, 0.15) is 18.4 Å². The Morgan fingerprint density at radius 3 is 2.63 bits per heavy atom. The summed E-state index contributed by atoms with van der Waals surface area (Å²) in [6, 6.07) is 6.98. The second-order valence-corrected chi connectivity index (χ2v) is 7.32. The minimum atomic E-state index is -3.51. The fourth-order valence-corrected chi connectivity index (χ4v) is 4.27. The third-order valence-electron chi connectivity index (χ3n) is 4.27. The molecule has 100 valence electrons. The van der Waals surface area contributed by atoms with E-state index in [-0.39, 0.29) is 5.54 Å². The van der Waals surface area contributed by atoms with E-state index in [4.69, 9.17) is 5.73 Å². The van der Waals surface area contributed by atoms with Gasteiger partial charge in [0.25, 0.3) is 10.0 Å². The van der Waals surface area contributed by atoms with Crippen molar-refractivity contribution in [3.63, 3.8) is 0 Å². The van der Waals surface area contributed by atoms with Crippen LogP contribution in [0.3, 0.4) is 0 Å². The van der Waals surface area contributed by atoms with Crippen molar-refractivity contribution in [1.82, 2.24) is 4.90 Å². The highest BCUT2D eigenvalue weighted by molar-refractivity contribution is 7.90. The Balaban J connectivity index is 1.67. The van der Waals surface area contributed by atoms with Crippen LogP contribution in [-0.4, -0.2) is 37.8 Å². The SMILES string of the molecule is NC1(C2CC2)CN(C2=NS(=O)(=O)c3ccccc32)C1. The Labute approximate surface area is 112 Å². The fraction of sp³-hybridized carbons (Fsp3) is 0.462. The van der Waals surface area contributed by atoms with Crippen LogP contribution in [0, 0.1) is 5.92 Å². The lowest BCUT2D eigenvalue weighted by Crippen LogP contribution is -2.69. The maximum atomic E-state index is 12.0. The lowest BCUT2D eigenvalue weighted by molar-refractivity contribution is 0.124. The fourth-order valence-electron chi connectivity index (χ4n) is 3.05. The summed E-state index contributed by atoms with van der Waals surface area (Å²) < 4.78 is 27.9. The summed E-state index contributed by atoms with van der Waals surface area (Å²) in [5.74, 6) is 1.18. The van der Waals surface area contributed by atoms with E-state index >= 15 is 0 Å². The minimum Gasteiger partial charge on any atom is -0.352 e. The van der Waals surface area contributed by atoms with E-state index in [0.29, 0.717) is 35.3 Å². The van der Waals surface area contributed by atoms with Gasteiger partial charge in [-0.15, -0.1) is 4.40 Å². The average Bonchev–Trinajstić information content (AvgIpc) is 3.13. The van der Waals surface area contributed by atoms with Gasteiger partial charge in [-0.05, 0) is 30.9 Å². The number of hydrogen-bond acceptors (Lipinski definition) is 4. The number of fused-ring (bicyclic) bond motifs is 1. The van der Waals surface area contributed by atoms with Crippen molar-refractivity contribution >= 4 is 15.9 Å². The third-order valence-corrected chi connectivity index (χ3v) is 5.60. The Hall–Kier alpha value is -1.40. The number of hydrogen-bond donors (Lipinski definition) is 1. The number of nitrogens with two attached hydrogens (primary N) is 1. The summed E-state index contributed by atoms with van der Waals surface area (Å²) in [4.78, 5) is 2.30. The zero-order chi connectivity index (χ0) is 13.3. The van der Waals surface area contributed by atoms with E-state index in [1.165, 1.54) is 12.8 Å². The van der Waals surface area contributed by atoms with Gasteiger partial charge in [-0.1, -0.05) is 12.1 Å². The zero-order valence-corrected chi connectivity index (χ0v) is 11.2. The Morgan fingerprint density at radius 1 is 1.26 bits per heavy atom. The Morgan fingerprint density at radius 2 is 1.95 bits per heavy atom. The van der Waals surface area contributed by atoms with Crippen LogP contribution in [0.15, 0.2) is 33.6 Å². The van der Waals surface area contributed by atoms with Gasteiger partial charge in [-0.2, -0.15) is 8.42 Å². The largest absolute Gasteiger partial charge is 0.352 e. The van der Waals surface area contributed by atoms with E-state index in [0.717, 1.165) is 0 Å². The summed E-state index contributed by atoms with van der Waals surface area (Å²) in [5.41, 5.74) is 6.88. The molecule has 0 bridgehead atoms. The van der Waals surface area contributed by atoms with Gasteiger partial charge < -0.3 is 10.6 Å². The van der Waals surface area contributed by atoms with Crippen LogP contribution in [0.5, 0.6) is 0 Å². The number of benzene rings is 1. The summed E-state index contributed by atoms with van der Waals surface area (Å²) >= 11 is 0. The van der Waals surface area contributed by atoms with Gasteiger partial charge in [0.15, 0.2) is 5.84 Å². The maximum absolute atomic E-state index is 12.0. The van der Waals surface area contributed by atoms with Crippen LogP contribution in [0.2, 0.25) is 0 Å². The van der Waals surface area contributed by atoms with Crippen molar-refractivity contribution in [2.24, 2.45) is 16.0 Å². The zero-order valence-electron chi connectivity index (χ0n) is 10.4. The molecule has 2 heterocycles. The highest BCUT2D eigenvalue weighted by Crippen LogP contribution is 2.44. The molecule has 1 aliphatic carbocycles. The molecule has 0 aromatic heterocycles. The highest BCUT2D eigenvalue weighted by atomic mass is 32.2. The molecule has 0 unspecified atom stereocenters. The molecule has 0 atom stereocenters. The number of nitrogens with zero attached hydrogens (tertiary/aromatic N) is 2. The van der Waals surface area contributed by atoms with Crippen LogP contribution in [0.4, 0.5) is 0 Å². The first-order valence-electron chi connectivity index (χ1n) is 6.48. The van der Waals surface area contributed by atoms with Gasteiger partial charge in [0.1, 0.15) is 4.90 Å². The van der Waals surface area contributed by atoms with Crippen LogP contribution >= 0.6 is 0 Å². The van der Waals surface area contributed by atoms with E-state index in [2.05, 4.69) is 4.40 Å². The monoisotopic (exact) mass is 277 g/mol. The van der Waals surface area contributed by atoms with Crippen molar-refractivity contribution < 1.29 is 8.42 Å². The topological polar surface area (TPSA) is 75.8 Å². The van der Waals surface area contributed by atoms with Crippen molar-refractivity contribution in [2.45, 2.75) is 23.3 Å². The minimum absolute atomic E-state index is 0.135. The first-order chi connectivity index (χ1) is 9.00.